The lowest BCUT2D eigenvalue weighted by molar-refractivity contribution is 0.797. The molecule has 132 valence electrons. The van der Waals surface area contributed by atoms with Gasteiger partial charge in [0.15, 0.2) is 5.96 Å². The molecule has 0 aliphatic carbocycles. The van der Waals surface area contributed by atoms with E-state index >= 15 is 0 Å². The molecular formula is C20H25IN4. The van der Waals surface area contributed by atoms with Gasteiger partial charge in [0.05, 0.1) is 6.54 Å². The average Bonchev–Trinajstić information content (AvgIpc) is 2.99. The van der Waals surface area contributed by atoms with E-state index in [1.54, 1.807) is 7.05 Å². The van der Waals surface area contributed by atoms with Crippen LogP contribution >= 0.6 is 24.0 Å². The van der Waals surface area contributed by atoms with E-state index in [9.17, 15) is 0 Å². The highest BCUT2D eigenvalue weighted by atomic mass is 127. The maximum absolute atomic E-state index is 4.30. The molecule has 0 aliphatic rings. The van der Waals surface area contributed by atoms with Gasteiger partial charge in [-0.3, -0.25) is 4.99 Å². The minimum atomic E-state index is 0. The van der Waals surface area contributed by atoms with Gasteiger partial charge in [-0.1, -0.05) is 42.0 Å². The molecule has 0 aliphatic heterocycles. The van der Waals surface area contributed by atoms with Crippen LogP contribution in [-0.2, 0) is 13.1 Å². The molecule has 3 N–H and O–H groups in total. The minimum absolute atomic E-state index is 0. The summed E-state index contributed by atoms with van der Waals surface area (Å²) in [5.74, 6) is 0.800. The number of aromatic amines is 1. The highest BCUT2D eigenvalue weighted by molar-refractivity contribution is 14.0. The zero-order valence-corrected chi connectivity index (χ0v) is 17.2. The molecule has 5 heteroatoms. The summed E-state index contributed by atoms with van der Waals surface area (Å²) < 4.78 is 0. The molecule has 0 fully saturated rings. The first-order valence-corrected chi connectivity index (χ1v) is 8.23. The second kappa shape index (κ2) is 8.89. The van der Waals surface area contributed by atoms with E-state index in [1.165, 1.54) is 22.1 Å². The van der Waals surface area contributed by atoms with Crippen molar-refractivity contribution in [3.63, 3.8) is 0 Å². The Hall–Kier alpha value is -2.02. The molecule has 1 heterocycles. The molecule has 0 unspecified atom stereocenters. The molecule has 4 nitrogen and oxygen atoms in total. The van der Waals surface area contributed by atoms with Crippen LogP contribution in [0.2, 0.25) is 0 Å². The molecule has 0 saturated carbocycles. The van der Waals surface area contributed by atoms with E-state index < -0.39 is 0 Å². The van der Waals surface area contributed by atoms with Crippen molar-refractivity contribution < 1.29 is 0 Å². The number of rotatable bonds is 4. The van der Waals surface area contributed by atoms with E-state index in [0.717, 1.165) is 23.7 Å². The number of guanidine groups is 1. The van der Waals surface area contributed by atoms with Gasteiger partial charge in [-0.05, 0) is 42.5 Å². The average molecular weight is 448 g/mol. The predicted molar refractivity (Wildman–Crippen MR) is 117 cm³/mol. The van der Waals surface area contributed by atoms with Gasteiger partial charge in [-0.2, -0.15) is 0 Å². The smallest absolute Gasteiger partial charge is 0.191 e. The monoisotopic (exact) mass is 448 g/mol. The van der Waals surface area contributed by atoms with E-state index in [1.807, 2.05) is 6.07 Å². The van der Waals surface area contributed by atoms with Crippen LogP contribution in [0, 0.1) is 13.8 Å². The van der Waals surface area contributed by atoms with Gasteiger partial charge in [0.1, 0.15) is 0 Å². The Morgan fingerprint density at radius 1 is 1.00 bits per heavy atom. The summed E-state index contributed by atoms with van der Waals surface area (Å²) in [6.45, 7) is 5.73. The topological polar surface area (TPSA) is 52.2 Å². The Bertz CT molecular complexity index is 834. The van der Waals surface area contributed by atoms with Crippen LogP contribution < -0.4 is 10.6 Å². The molecule has 3 aromatic rings. The SMILES string of the molecule is CN=C(NCc1cc2ccccc2[nH]1)NCc1ccc(C)cc1C.I. The molecule has 0 spiro atoms. The molecule has 0 atom stereocenters. The number of nitrogens with zero attached hydrogens (tertiary/aromatic N) is 1. The molecular weight excluding hydrogens is 423 g/mol. The summed E-state index contributed by atoms with van der Waals surface area (Å²) >= 11 is 0. The normalized spacial score (nSPS) is 11.2. The molecule has 0 amide bonds. The minimum Gasteiger partial charge on any atom is -0.357 e. The van der Waals surface area contributed by atoms with Crippen LogP contribution in [0.3, 0.4) is 0 Å². The molecule has 3 rings (SSSR count). The first-order chi connectivity index (χ1) is 11.7. The van der Waals surface area contributed by atoms with Gasteiger partial charge in [0.25, 0.3) is 0 Å². The maximum Gasteiger partial charge on any atom is 0.191 e. The number of aliphatic imine (C=N–C) groups is 1. The first-order valence-electron chi connectivity index (χ1n) is 8.23. The molecule has 25 heavy (non-hydrogen) atoms. The number of H-pyrrole nitrogens is 1. The summed E-state index contributed by atoms with van der Waals surface area (Å²) in [7, 11) is 1.79. The zero-order valence-electron chi connectivity index (χ0n) is 14.9. The van der Waals surface area contributed by atoms with Gasteiger partial charge >= 0.3 is 0 Å². The number of aryl methyl sites for hydroxylation is 2. The standard InChI is InChI=1S/C20H24N4.HI/c1-14-8-9-17(15(2)10-14)12-22-20(21-3)23-13-18-11-16-6-4-5-7-19(16)24-18;/h4-11,24H,12-13H2,1-3H3,(H2,21,22,23);1H. The molecule has 2 aromatic carbocycles. The number of nitrogens with one attached hydrogen (secondary N) is 3. The van der Waals surface area contributed by atoms with Crippen LogP contribution in [0.15, 0.2) is 53.5 Å². The number of aromatic nitrogens is 1. The Morgan fingerprint density at radius 2 is 1.76 bits per heavy atom. The summed E-state index contributed by atoms with van der Waals surface area (Å²) in [4.78, 5) is 7.72. The lowest BCUT2D eigenvalue weighted by Crippen LogP contribution is -2.36. The number of para-hydroxylation sites is 1. The fourth-order valence-corrected chi connectivity index (χ4v) is 2.85. The Kier molecular flexibility index (Phi) is 6.87. The number of benzene rings is 2. The van der Waals surface area contributed by atoms with Gasteiger partial charge in [-0.15, -0.1) is 24.0 Å². The molecule has 0 bridgehead atoms. The summed E-state index contributed by atoms with van der Waals surface area (Å²) in [6, 6.07) is 17.0. The second-order valence-corrected chi connectivity index (χ2v) is 6.09. The number of hydrogen-bond donors (Lipinski definition) is 3. The van der Waals surface area contributed by atoms with Crippen molar-refractivity contribution in [1.82, 2.24) is 15.6 Å². The van der Waals surface area contributed by atoms with Crippen LogP contribution in [0.1, 0.15) is 22.4 Å². The second-order valence-electron chi connectivity index (χ2n) is 6.09. The fourth-order valence-electron chi connectivity index (χ4n) is 2.85. The van der Waals surface area contributed by atoms with Gasteiger partial charge in [0, 0.05) is 24.8 Å². The van der Waals surface area contributed by atoms with Crippen LogP contribution in [0.5, 0.6) is 0 Å². The Morgan fingerprint density at radius 3 is 2.48 bits per heavy atom. The van der Waals surface area contributed by atoms with E-state index in [-0.39, 0.29) is 24.0 Å². The zero-order chi connectivity index (χ0) is 16.9. The highest BCUT2D eigenvalue weighted by Gasteiger charge is 2.03. The third-order valence-corrected chi connectivity index (χ3v) is 4.20. The summed E-state index contributed by atoms with van der Waals surface area (Å²) in [5, 5.41) is 7.96. The first kappa shape index (κ1) is 19.3. The van der Waals surface area contributed by atoms with Crippen LogP contribution in [-0.4, -0.2) is 18.0 Å². The quantitative estimate of drug-likeness (QED) is 0.317. The Labute approximate surface area is 166 Å². The molecule has 0 saturated heterocycles. The lowest BCUT2D eigenvalue weighted by atomic mass is 10.1. The van der Waals surface area contributed by atoms with Crippen LogP contribution in [0.25, 0.3) is 10.9 Å². The third-order valence-electron chi connectivity index (χ3n) is 4.20. The number of fused-ring (bicyclic) bond motifs is 1. The summed E-state index contributed by atoms with van der Waals surface area (Å²) in [5.41, 5.74) is 6.18. The van der Waals surface area contributed by atoms with Crippen molar-refractivity contribution in [2.75, 3.05) is 7.05 Å². The lowest BCUT2D eigenvalue weighted by Gasteiger charge is -2.13. The maximum atomic E-state index is 4.30. The largest absolute Gasteiger partial charge is 0.357 e. The van der Waals surface area contributed by atoms with Crippen molar-refractivity contribution in [2.24, 2.45) is 4.99 Å². The van der Waals surface area contributed by atoms with Crippen molar-refractivity contribution >= 4 is 40.8 Å². The van der Waals surface area contributed by atoms with Crippen molar-refractivity contribution in [2.45, 2.75) is 26.9 Å². The Balaban J connectivity index is 0.00000225. The van der Waals surface area contributed by atoms with Gasteiger partial charge in [0.2, 0.25) is 0 Å². The van der Waals surface area contributed by atoms with E-state index in [4.69, 9.17) is 0 Å². The van der Waals surface area contributed by atoms with E-state index in [0.29, 0.717) is 6.54 Å². The van der Waals surface area contributed by atoms with Crippen molar-refractivity contribution in [1.29, 1.82) is 0 Å². The summed E-state index contributed by atoms with van der Waals surface area (Å²) in [6.07, 6.45) is 0. The number of halogens is 1. The third kappa shape index (κ3) is 4.98. The highest BCUT2D eigenvalue weighted by Crippen LogP contribution is 2.14. The van der Waals surface area contributed by atoms with Crippen molar-refractivity contribution in [3.05, 3.63) is 70.9 Å². The molecule has 0 radical (unpaired) electrons. The number of hydrogen-bond acceptors (Lipinski definition) is 1. The predicted octanol–water partition coefficient (Wildman–Crippen LogP) is 4.27. The fraction of sp³-hybridized carbons (Fsp3) is 0.250. The molecule has 1 aromatic heterocycles. The van der Waals surface area contributed by atoms with Crippen molar-refractivity contribution in [3.8, 4) is 0 Å². The van der Waals surface area contributed by atoms with Gasteiger partial charge in [-0.25, -0.2) is 0 Å². The van der Waals surface area contributed by atoms with Gasteiger partial charge < -0.3 is 15.6 Å². The van der Waals surface area contributed by atoms with Crippen LogP contribution in [0.4, 0.5) is 0 Å². The van der Waals surface area contributed by atoms with E-state index in [2.05, 4.69) is 76.9 Å².